The summed E-state index contributed by atoms with van der Waals surface area (Å²) in [6.45, 7) is 3.63. The van der Waals surface area contributed by atoms with Crippen LogP contribution in [0.5, 0.6) is 0 Å². The van der Waals surface area contributed by atoms with Crippen molar-refractivity contribution in [2.24, 2.45) is 7.05 Å². The van der Waals surface area contributed by atoms with Gasteiger partial charge in [0, 0.05) is 26.2 Å². The third kappa shape index (κ3) is 4.48. The lowest BCUT2D eigenvalue weighted by Crippen LogP contribution is -2.37. The average molecular weight is 345 g/mol. The van der Waals surface area contributed by atoms with Gasteiger partial charge in [-0.1, -0.05) is 6.42 Å². The SMILES string of the molecule is Cn1nc(C(=O)NCCN2CCCCC2)cc1NC(=O)c1ccco1. The molecule has 3 rings (SSSR count). The van der Waals surface area contributed by atoms with Gasteiger partial charge in [-0.3, -0.25) is 14.3 Å². The van der Waals surface area contributed by atoms with E-state index in [1.165, 1.54) is 30.2 Å². The van der Waals surface area contributed by atoms with Gasteiger partial charge in [0.2, 0.25) is 0 Å². The normalized spacial score (nSPS) is 15.1. The Labute approximate surface area is 146 Å². The molecule has 8 nitrogen and oxygen atoms in total. The van der Waals surface area contributed by atoms with E-state index in [0.29, 0.717) is 12.4 Å². The maximum atomic E-state index is 12.2. The van der Waals surface area contributed by atoms with Crippen LogP contribution in [0.3, 0.4) is 0 Å². The fourth-order valence-corrected chi connectivity index (χ4v) is 2.88. The molecule has 134 valence electrons. The van der Waals surface area contributed by atoms with Crippen molar-refractivity contribution in [3.05, 3.63) is 35.9 Å². The predicted octanol–water partition coefficient (Wildman–Crippen LogP) is 1.48. The van der Waals surface area contributed by atoms with Crippen molar-refractivity contribution in [1.82, 2.24) is 20.0 Å². The number of carbonyl (C=O) groups excluding carboxylic acids is 2. The number of carbonyl (C=O) groups is 2. The lowest BCUT2D eigenvalue weighted by atomic mass is 10.1. The van der Waals surface area contributed by atoms with E-state index >= 15 is 0 Å². The number of nitrogens with one attached hydrogen (secondary N) is 2. The molecule has 2 aromatic heterocycles. The molecule has 0 aromatic carbocycles. The Hall–Kier alpha value is -2.61. The summed E-state index contributed by atoms with van der Waals surface area (Å²) in [4.78, 5) is 26.6. The molecule has 1 aliphatic heterocycles. The maximum absolute atomic E-state index is 12.2. The number of piperidine rings is 1. The number of furan rings is 1. The number of hydrogen-bond acceptors (Lipinski definition) is 5. The summed E-state index contributed by atoms with van der Waals surface area (Å²) >= 11 is 0. The standard InChI is InChI=1S/C17H23N5O3/c1-21-15(19-17(24)14-6-5-11-25-14)12-13(20-21)16(23)18-7-10-22-8-3-2-4-9-22/h5-6,11-12H,2-4,7-10H2,1H3,(H,18,23)(H,19,24). The molecular weight excluding hydrogens is 322 g/mol. The molecule has 2 aromatic rings. The van der Waals surface area contributed by atoms with Crippen molar-refractivity contribution in [1.29, 1.82) is 0 Å². The number of likely N-dealkylation sites (tertiary alicyclic amines) is 1. The maximum Gasteiger partial charge on any atom is 0.292 e. The Bertz CT molecular complexity index is 717. The second kappa shape index (κ2) is 7.98. The third-order valence-electron chi connectivity index (χ3n) is 4.26. The molecule has 0 radical (unpaired) electrons. The van der Waals surface area contributed by atoms with Crippen LogP contribution < -0.4 is 10.6 Å². The van der Waals surface area contributed by atoms with Crippen LogP contribution >= 0.6 is 0 Å². The predicted molar refractivity (Wildman–Crippen MR) is 92.5 cm³/mol. The van der Waals surface area contributed by atoms with Gasteiger partial charge in [-0.2, -0.15) is 5.10 Å². The molecule has 1 fully saturated rings. The summed E-state index contributed by atoms with van der Waals surface area (Å²) in [7, 11) is 1.67. The Balaban J connectivity index is 1.52. The summed E-state index contributed by atoms with van der Waals surface area (Å²) in [6.07, 6.45) is 5.18. The molecular formula is C17H23N5O3. The Morgan fingerprint density at radius 3 is 2.76 bits per heavy atom. The van der Waals surface area contributed by atoms with Crippen LogP contribution in [0.15, 0.2) is 28.9 Å². The average Bonchev–Trinajstić information content (AvgIpc) is 3.26. The number of rotatable bonds is 6. The fourth-order valence-electron chi connectivity index (χ4n) is 2.88. The Morgan fingerprint density at radius 1 is 1.24 bits per heavy atom. The van der Waals surface area contributed by atoms with Gasteiger partial charge in [0.15, 0.2) is 11.5 Å². The van der Waals surface area contributed by atoms with E-state index in [1.807, 2.05) is 0 Å². The quantitative estimate of drug-likeness (QED) is 0.827. The third-order valence-corrected chi connectivity index (χ3v) is 4.26. The number of aryl methyl sites for hydroxylation is 1. The largest absolute Gasteiger partial charge is 0.459 e. The van der Waals surface area contributed by atoms with E-state index in [4.69, 9.17) is 4.42 Å². The van der Waals surface area contributed by atoms with E-state index in [9.17, 15) is 9.59 Å². The molecule has 0 spiro atoms. The van der Waals surface area contributed by atoms with Crippen LogP contribution in [0.4, 0.5) is 5.82 Å². The van der Waals surface area contributed by atoms with Gasteiger partial charge >= 0.3 is 0 Å². The zero-order valence-corrected chi connectivity index (χ0v) is 14.3. The van der Waals surface area contributed by atoms with Crippen LogP contribution in [0.1, 0.15) is 40.3 Å². The first kappa shape index (κ1) is 17.2. The van der Waals surface area contributed by atoms with Crippen molar-refractivity contribution in [3.8, 4) is 0 Å². The molecule has 3 heterocycles. The zero-order valence-electron chi connectivity index (χ0n) is 14.3. The van der Waals surface area contributed by atoms with Crippen molar-refractivity contribution in [3.63, 3.8) is 0 Å². The number of anilines is 1. The van der Waals surface area contributed by atoms with E-state index in [2.05, 4.69) is 20.6 Å². The molecule has 0 atom stereocenters. The first-order chi connectivity index (χ1) is 12.1. The van der Waals surface area contributed by atoms with Crippen molar-refractivity contribution >= 4 is 17.6 Å². The molecule has 0 bridgehead atoms. The van der Waals surface area contributed by atoms with E-state index in [1.54, 1.807) is 25.2 Å². The molecule has 2 N–H and O–H groups in total. The van der Waals surface area contributed by atoms with Crippen LogP contribution in [-0.2, 0) is 7.05 Å². The summed E-state index contributed by atoms with van der Waals surface area (Å²) in [6, 6.07) is 4.76. The first-order valence-corrected chi connectivity index (χ1v) is 8.53. The summed E-state index contributed by atoms with van der Waals surface area (Å²) in [5.74, 6) is 0.00692. The summed E-state index contributed by atoms with van der Waals surface area (Å²) in [5, 5.41) is 9.71. The highest BCUT2D eigenvalue weighted by molar-refractivity contribution is 6.02. The van der Waals surface area contributed by atoms with Crippen LogP contribution in [0, 0.1) is 0 Å². The molecule has 1 saturated heterocycles. The van der Waals surface area contributed by atoms with Gasteiger partial charge < -0.3 is 20.0 Å². The highest BCUT2D eigenvalue weighted by atomic mass is 16.3. The number of aromatic nitrogens is 2. The summed E-state index contributed by atoms with van der Waals surface area (Å²) < 4.78 is 6.51. The van der Waals surface area contributed by atoms with Crippen LogP contribution in [0.25, 0.3) is 0 Å². The van der Waals surface area contributed by atoms with Crippen LogP contribution in [0.2, 0.25) is 0 Å². The van der Waals surface area contributed by atoms with Crippen molar-refractivity contribution < 1.29 is 14.0 Å². The number of hydrogen-bond donors (Lipinski definition) is 2. The second-order valence-electron chi connectivity index (χ2n) is 6.13. The van der Waals surface area contributed by atoms with Gasteiger partial charge in [-0.15, -0.1) is 0 Å². The summed E-state index contributed by atoms with van der Waals surface area (Å²) in [5.41, 5.74) is 0.274. The minimum atomic E-state index is -0.384. The molecule has 1 aliphatic rings. The molecule has 0 aliphatic carbocycles. The Morgan fingerprint density at radius 2 is 2.04 bits per heavy atom. The number of nitrogens with zero attached hydrogens (tertiary/aromatic N) is 3. The van der Waals surface area contributed by atoms with Gasteiger partial charge in [0.05, 0.1) is 6.26 Å². The zero-order chi connectivity index (χ0) is 17.6. The topological polar surface area (TPSA) is 92.4 Å². The molecule has 8 heteroatoms. The molecule has 25 heavy (non-hydrogen) atoms. The minimum Gasteiger partial charge on any atom is -0.459 e. The highest BCUT2D eigenvalue weighted by Gasteiger charge is 2.16. The van der Waals surface area contributed by atoms with Gasteiger partial charge in [-0.05, 0) is 38.1 Å². The lowest BCUT2D eigenvalue weighted by Gasteiger charge is -2.26. The van der Waals surface area contributed by atoms with E-state index in [-0.39, 0.29) is 23.3 Å². The molecule has 2 amide bonds. The Kier molecular flexibility index (Phi) is 5.49. The van der Waals surface area contributed by atoms with Gasteiger partial charge in [-0.25, -0.2) is 0 Å². The minimum absolute atomic E-state index is 0.203. The number of amides is 2. The smallest absolute Gasteiger partial charge is 0.292 e. The lowest BCUT2D eigenvalue weighted by molar-refractivity contribution is 0.0940. The van der Waals surface area contributed by atoms with Crippen molar-refractivity contribution in [2.45, 2.75) is 19.3 Å². The second-order valence-corrected chi connectivity index (χ2v) is 6.13. The molecule has 0 saturated carbocycles. The van der Waals surface area contributed by atoms with Crippen molar-refractivity contribution in [2.75, 3.05) is 31.5 Å². The fraction of sp³-hybridized carbons (Fsp3) is 0.471. The van der Waals surface area contributed by atoms with Gasteiger partial charge in [0.1, 0.15) is 5.82 Å². The highest BCUT2D eigenvalue weighted by Crippen LogP contribution is 2.12. The monoisotopic (exact) mass is 345 g/mol. The van der Waals surface area contributed by atoms with E-state index < -0.39 is 0 Å². The van der Waals surface area contributed by atoms with Gasteiger partial charge in [0.25, 0.3) is 11.8 Å². The molecule has 0 unspecified atom stereocenters. The van der Waals surface area contributed by atoms with E-state index in [0.717, 1.165) is 19.6 Å². The van der Waals surface area contributed by atoms with Crippen LogP contribution in [-0.4, -0.2) is 52.7 Å². The first-order valence-electron chi connectivity index (χ1n) is 8.53.